The van der Waals surface area contributed by atoms with E-state index in [1.807, 2.05) is 0 Å². The second-order valence-electron chi connectivity index (χ2n) is 13.6. The summed E-state index contributed by atoms with van der Waals surface area (Å²) in [5.41, 5.74) is 0.952. The molecule has 3 N–H and O–H groups in total. The molecule has 8 nitrogen and oxygen atoms in total. The van der Waals surface area contributed by atoms with E-state index in [0.29, 0.717) is 49.5 Å². The largest absolute Gasteiger partial charge is 0.481 e. The Hall–Kier alpha value is -2.22. The zero-order chi connectivity index (χ0) is 28.0. The second-order valence-corrected chi connectivity index (χ2v) is 13.6. The maximum atomic E-state index is 12.5. The summed E-state index contributed by atoms with van der Waals surface area (Å²) in [6, 6.07) is 0. The van der Waals surface area contributed by atoms with Crippen LogP contribution in [-0.4, -0.2) is 52.3 Å². The topological polar surface area (TPSA) is 125 Å². The predicted molar refractivity (Wildman–Crippen MR) is 147 cm³/mol. The lowest BCUT2D eigenvalue weighted by molar-refractivity contribution is -0.159. The number of oxime groups is 1. The molecule has 0 aliphatic heterocycles. The van der Waals surface area contributed by atoms with E-state index < -0.39 is 11.6 Å². The third kappa shape index (κ3) is 4.95. The van der Waals surface area contributed by atoms with Gasteiger partial charge in [0.05, 0.1) is 11.6 Å². The number of fused-ring (bicyclic) bond motifs is 5. The van der Waals surface area contributed by atoms with Gasteiger partial charge in [-0.2, -0.15) is 0 Å². The number of carbonyl (C=O) groups excluding carboxylic acids is 2. The Morgan fingerprint density at radius 3 is 2.41 bits per heavy atom. The van der Waals surface area contributed by atoms with Crippen LogP contribution in [0.15, 0.2) is 16.8 Å². The molecule has 0 aromatic rings. The van der Waals surface area contributed by atoms with Crippen molar-refractivity contribution in [1.82, 2.24) is 5.32 Å². The van der Waals surface area contributed by atoms with E-state index in [1.54, 1.807) is 6.92 Å². The zero-order valence-electron chi connectivity index (χ0n) is 23.8. The molecule has 4 fully saturated rings. The Morgan fingerprint density at radius 2 is 1.72 bits per heavy atom. The van der Waals surface area contributed by atoms with Crippen LogP contribution >= 0.6 is 0 Å². The number of allylic oxidation sites excluding steroid dienone is 2. The van der Waals surface area contributed by atoms with Crippen molar-refractivity contribution in [3.63, 3.8) is 0 Å². The van der Waals surface area contributed by atoms with E-state index in [0.717, 1.165) is 63.5 Å². The van der Waals surface area contributed by atoms with Gasteiger partial charge in [0.15, 0.2) is 12.4 Å². The van der Waals surface area contributed by atoms with Crippen molar-refractivity contribution in [2.24, 2.45) is 45.6 Å². The first-order valence-electron chi connectivity index (χ1n) is 15.1. The fourth-order valence-corrected chi connectivity index (χ4v) is 9.33. The van der Waals surface area contributed by atoms with E-state index >= 15 is 0 Å². The summed E-state index contributed by atoms with van der Waals surface area (Å²) in [4.78, 5) is 41.3. The molecule has 0 unspecified atom stereocenters. The van der Waals surface area contributed by atoms with Gasteiger partial charge >= 0.3 is 5.97 Å². The highest BCUT2D eigenvalue weighted by atomic mass is 16.6. The van der Waals surface area contributed by atoms with E-state index in [1.165, 1.54) is 5.57 Å². The summed E-state index contributed by atoms with van der Waals surface area (Å²) in [5.74, 6) is 0.599. The lowest BCUT2D eigenvalue weighted by atomic mass is 9.46. The number of carbonyl (C=O) groups is 3. The van der Waals surface area contributed by atoms with E-state index in [4.69, 9.17) is 9.94 Å². The van der Waals surface area contributed by atoms with Gasteiger partial charge in [0.25, 0.3) is 5.91 Å². The maximum absolute atomic E-state index is 12.5. The van der Waals surface area contributed by atoms with Crippen LogP contribution in [0, 0.1) is 40.4 Å². The van der Waals surface area contributed by atoms with Crippen LogP contribution in [0.25, 0.3) is 0 Å². The molecule has 0 aromatic carbocycles. The lowest BCUT2D eigenvalue weighted by Gasteiger charge is -2.59. The predicted octanol–water partition coefficient (Wildman–Crippen LogP) is 4.65. The van der Waals surface area contributed by atoms with Gasteiger partial charge in [0.2, 0.25) is 0 Å². The van der Waals surface area contributed by atoms with Crippen molar-refractivity contribution in [2.45, 2.75) is 103 Å². The average molecular weight is 543 g/mol. The quantitative estimate of drug-likeness (QED) is 0.402. The van der Waals surface area contributed by atoms with Crippen LogP contribution < -0.4 is 5.32 Å². The summed E-state index contributed by atoms with van der Waals surface area (Å²) in [5, 5.41) is 27.7. The lowest BCUT2D eigenvalue weighted by Crippen LogP contribution is -2.57. The molecule has 6 atom stereocenters. The molecule has 0 bridgehead atoms. The molecule has 5 rings (SSSR count). The number of nitrogens with zero attached hydrogens (tertiary/aromatic N) is 1. The smallest absolute Gasteiger partial charge is 0.306 e. The van der Waals surface area contributed by atoms with Crippen molar-refractivity contribution >= 4 is 23.4 Å². The fourth-order valence-electron chi connectivity index (χ4n) is 9.33. The van der Waals surface area contributed by atoms with Crippen LogP contribution in [0.1, 0.15) is 97.8 Å². The zero-order valence-corrected chi connectivity index (χ0v) is 23.8. The Balaban J connectivity index is 1.14. The number of nitrogens with one attached hydrogen (secondary N) is 1. The standard InChI is InChI=1S/C31H46N2O6/c1-19(34)31(38)15-12-26-24-9-8-22-16-23(10-13-29(22,2)25(24)11-14-30(26,31)3)33-39-18-27(35)32-17-20-4-6-21(7-5-20)28(36)37/h16,20-21,24-26,38H,4-15,17-18H2,1-3H3,(H,32,35)(H,36,37)/b33-23+/t20?,21?,24-,25-,26-,29+,30+,31+/m1/s1. The van der Waals surface area contributed by atoms with Gasteiger partial charge < -0.3 is 20.4 Å². The van der Waals surface area contributed by atoms with Crippen LogP contribution in [0.3, 0.4) is 0 Å². The first kappa shape index (κ1) is 28.3. The molecule has 39 heavy (non-hydrogen) atoms. The molecule has 216 valence electrons. The normalized spacial score (nSPS) is 42.5. The van der Waals surface area contributed by atoms with Gasteiger partial charge in [-0.3, -0.25) is 14.4 Å². The van der Waals surface area contributed by atoms with Crippen molar-refractivity contribution in [1.29, 1.82) is 0 Å². The summed E-state index contributed by atoms with van der Waals surface area (Å²) in [6.07, 6.45) is 12.6. The fraction of sp³-hybridized carbons (Fsp3) is 0.806. The van der Waals surface area contributed by atoms with Gasteiger partial charge in [0.1, 0.15) is 5.60 Å². The molecule has 8 heteroatoms. The van der Waals surface area contributed by atoms with Crippen LogP contribution in [0.4, 0.5) is 0 Å². The average Bonchev–Trinajstić information content (AvgIpc) is 3.19. The van der Waals surface area contributed by atoms with Crippen molar-refractivity contribution in [3.05, 3.63) is 11.6 Å². The van der Waals surface area contributed by atoms with Gasteiger partial charge in [0, 0.05) is 12.0 Å². The molecule has 0 spiro atoms. The molecule has 0 saturated heterocycles. The number of hydrogen-bond donors (Lipinski definition) is 3. The number of aliphatic hydroxyl groups is 1. The van der Waals surface area contributed by atoms with Crippen LogP contribution in [-0.2, 0) is 19.2 Å². The number of amides is 1. The van der Waals surface area contributed by atoms with E-state index in [9.17, 15) is 19.5 Å². The summed E-state index contributed by atoms with van der Waals surface area (Å²) < 4.78 is 0. The van der Waals surface area contributed by atoms with Crippen molar-refractivity contribution < 1.29 is 29.4 Å². The van der Waals surface area contributed by atoms with Crippen LogP contribution in [0.5, 0.6) is 0 Å². The minimum absolute atomic E-state index is 0.0661. The number of carboxylic acids is 1. The van der Waals surface area contributed by atoms with E-state index in [2.05, 4.69) is 30.4 Å². The third-order valence-electron chi connectivity index (χ3n) is 11.9. The van der Waals surface area contributed by atoms with E-state index in [-0.39, 0.29) is 35.0 Å². The Morgan fingerprint density at radius 1 is 1.00 bits per heavy atom. The van der Waals surface area contributed by atoms with Crippen molar-refractivity contribution in [2.75, 3.05) is 13.2 Å². The highest BCUT2D eigenvalue weighted by molar-refractivity contribution is 5.96. The minimum atomic E-state index is -1.17. The Bertz CT molecular complexity index is 1060. The summed E-state index contributed by atoms with van der Waals surface area (Å²) in [7, 11) is 0. The number of Topliss-reactive ketones (excluding diaryl/α,β-unsaturated/α-hetero) is 1. The number of ketones is 1. The number of carboxylic acid groups (broad SMARTS) is 1. The molecular weight excluding hydrogens is 496 g/mol. The Labute approximate surface area is 232 Å². The number of rotatable bonds is 7. The maximum Gasteiger partial charge on any atom is 0.306 e. The van der Waals surface area contributed by atoms with Gasteiger partial charge in [-0.05, 0) is 119 Å². The van der Waals surface area contributed by atoms with Gasteiger partial charge in [-0.15, -0.1) is 0 Å². The van der Waals surface area contributed by atoms with Gasteiger partial charge in [-0.25, -0.2) is 0 Å². The minimum Gasteiger partial charge on any atom is -0.481 e. The summed E-state index contributed by atoms with van der Waals surface area (Å²) in [6.45, 7) is 6.57. The molecule has 0 heterocycles. The van der Waals surface area contributed by atoms with Gasteiger partial charge in [-0.1, -0.05) is 24.6 Å². The Kier molecular flexibility index (Phi) is 7.72. The molecule has 5 aliphatic rings. The molecular formula is C31H46N2O6. The SMILES string of the molecule is CC(=O)[C@@]1(O)CC[C@@H]2[C@@H]3CCC4=C/C(=N/OCC(=O)NCC5CCC(C(=O)O)CC5)CC[C@]4(C)[C@@H]3CC[C@@]21C. The molecule has 5 aliphatic carbocycles. The van der Waals surface area contributed by atoms with Crippen molar-refractivity contribution in [3.8, 4) is 0 Å². The number of hydrogen-bond acceptors (Lipinski definition) is 6. The first-order valence-corrected chi connectivity index (χ1v) is 15.1. The molecule has 0 aromatic heterocycles. The number of aliphatic carboxylic acids is 1. The first-order chi connectivity index (χ1) is 18.5. The second kappa shape index (κ2) is 10.6. The third-order valence-corrected chi connectivity index (χ3v) is 11.9. The van der Waals surface area contributed by atoms with Crippen LogP contribution in [0.2, 0.25) is 0 Å². The molecule has 1 amide bonds. The molecule has 0 radical (unpaired) electrons. The highest BCUT2D eigenvalue weighted by Gasteiger charge is 2.65. The highest BCUT2D eigenvalue weighted by Crippen LogP contribution is 2.67. The monoisotopic (exact) mass is 542 g/mol. The molecule has 4 saturated carbocycles. The summed E-state index contributed by atoms with van der Waals surface area (Å²) >= 11 is 0.